The van der Waals surface area contributed by atoms with E-state index in [0.717, 1.165) is 73.1 Å². The summed E-state index contributed by atoms with van der Waals surface area (Å²) in [6.07, 6.45) is -2.27. The van der Waals surface area contributed by atoms with Crippen LogP contribution in [0.3, 0.4) is 0 Å². The van der Waals surface area contributed by atoms with Crippen molar-refractivity contribution in [1.29, 1.82) is 0 Å². The molecular weight excluding hydrogens is 690 g/mol. The van der Waals surface area contributed by atoms with Crippen molar-refractivity contribution in [2.75, 3.05) is 13.7 Å². The number of rotatable bonds is 11. The molecule has 6 atom stereocenters. The third-order valence-corrected chi connectivity index (χ3v) is 11.4. The molecule has 286 valence electrons. The van der Waals surface area contributed by atoms with Crippen LogP contribution in [0, 0.1) is 17.8 Å². The molecule has 0 aromatic rings. The average molecular weight is 742 g/mol. The Kier molecular flexibility index (Phi) is 12.4. The molecule has 16 heteroatoms. The van der Waals surface area contributed by atoms with Crippen LogP contribution in [-0.4, -0.2) is 106 Å². The van der Waals surface area contributed by atoms with Gasteiger partial charge in [-0.1, -0.05) is 0 Å². The van der Waals surface area contributed by atoms with Gasteiger partial charge in [0, 0.05) is 45.8 Å². The van der Waals surface area contributed by atoms with Crippen molar-refractivity contribution in [1.82, 2.24) is 4.90 Å². The van der Waals surface area contributed by atoms with Crippen LogP contribution < -0.4 is 0 Å². The highest BCUT2D eigenvalue weighted by atomic mass is 32.2. The molecule has 4 aliphatic carbocycles. The van der Waals surface area contributed by atoms with E-state index in [1.807, 2.05) is 0 Å². The summed E-state index contributed by atoms with van der Waals surface area (Å²) < 4.78 is 39.7. The molecule has 4 bridgehead atoms. The van der Waals surface area contributed by atoms with E-state index in [2.05, 4.69) is 0 Å². The second-order valence-corrected chi connectivity index (χ2v) is 17.0. The Morgan fingerprint density at radius 1 is 0.804 bits per heavy atom. The number of hydrogen-bond donors (Lipinski definition) is 0. The molecule has 51 heavy (non-hydrogen) atoms. The van der Waals surface area contributed by atoms with E-state index in [9.17, 15) is 33.6 Å². The molecule has 0 unspecified atom stereocenters. The summed E-state index contributed by atoms with van der Waals surface area (Å²) in [5.41, 5.74) is -1.10. The molecule has 5 aliphatic rings. The summed E-state index contributed by atoms with van der Waals surface area (Å²) in [4.78, 5) is 90.3. The lowest BCUT2D eigenvalue weighted by molar-refractivity contribution is -0.233. The molecule has 5 rings (SSSR count). The van der Waals surface area contributed by atoms with E-state index in [4.69, 9.17) is 33.2 Å². The molecule has 0 spiro atoms. The summed E-state index contributed by atoms with van der Waals surface area (Å²) in [5, 5.41) is 0. The largest absolute Gasteiger partial charge is 0.466 e. The second-order valence-electron chi connectivity index (χ2n) is 15.3. The molecular formula is C35H51NO14S. The first-order chi connectivity index (χ1) is 23.7. The van der Waals surface area contributed by atoms with Crippen LogP contribution >= 0.6 is 11.8 Å². The van der Waals surface area contributed by atoms with Crippen LogP contribution in [0.1, 0.15) is 100 Å². The van der Waals surface area contributed by atoms with Crippen molar-refractivity contribution in [3.63, 3.8) is 0 Å². The zero-order valence-electron chi connectivity index (χ0n) is 30.8. The fourth-order valence-electron chi connectivity index (χ4n) is 8.66. The van der Waals surface area contributed by atoms with E-state index in [0.29, 0.717) is 22.7 Å². The van der Waals surface area contributed by atoms with Gasteiger partial charge >= 0.3 is 35.9 Å². The SMILES string of the molecule is COC(=O)[C@]1(SC23CC4CC(CC(C4)C2)C3)C[C@H](OC(C)=O)[C@@H](N(C(C)=O)C(=O)OC(C)(C)C)[C@H]([C@H](OC(C)=O)[C@@H](COC(C)=O)OC(C)=O)O1. The smallest absolute Gasteiger partial charge is 0.417 e. The first-order valence-electron chi connectivity index (χ1n) is 17.3. The number of ether oxygens (including phenoxy) is 7. The minimum absolute atomic E-state index is 0.367. The molecule has 2 amide bonds. The van der Waals surface area contributed by atoms with Gasteiger partial charge < -0.3 is 33.2 Å². The first-order valence-corrected chi connectivity index (χ1v) is 18.1. The summed E-state index contributed by atoms with van der Waals surface area (Å²) in [6.45, 7) is 9.60. The number of amides is 2. The first kappa shape index (κ1) is 40.4. The highest BCUT2D eigenvalue weighted by Crippen LogP contribution is 2.64. The van der Waals surface area contributed by atoms with Gasteiger partial charge in [0.2, 0.25) is 10.8 Å². The standard InChI is InChI=1S/C35H51NO14S/c1-18(37)36(32(43)50-33(6,7)8)28-26(46-20(3)39)16-35(31(42)44-9,51-34-13-23-10-24(14-34)12-25(11-23)15-34)49-30(28)29(48-22(5)41)27(47-21(4)40)17-45-19(2)38/h23-30H,10-17H2,1-9H3/t23?,24?,25?,26-,27+,28+,29+,30+,34?,35+/m0/s1. The maximum Gasteiger partial charge on any atom is 0.417 e. The van der Waals surface area contributed by atoms with Gasteiger partial charge in [0.05, 0.1) is 7.11 Å². The third-order valence-electron chi connectivity index (χ3n) is 9.68. The fourth-order valence-corrected chi connectivity index (χ4v) is 10.9. The Labute approximate surface area is 302 Å². The monoisotopic (exact) mass is 741 g/mol. The molecule has 0 aromatic heterocycles. The minimum atomic E-state index is -1.93. The Balaban J connectivity index is 1.96. The number of carbonyl (C=O) groups is 7. The van der Waals surface area contributed by atoms with Gasteiger partial charge in [0.15, 0.2) is 12.2 Å². The minimum Gasteiger partial charge on any atom is -0.466 e. The van der Waals surface area contributed by atoms with Crippen molar-refractivity contribution < 1.29 is 66.7 Å². The molecule has 0 N–H and O–H groups in total. The van der Waals surface area contributed by atoms with Crippen molar-refractivity contribution >= 4 is 53.6 Å². The summed E-state index contributed by atoms with van der Waals surface area (Å²) >= 11 is 1.27. The maximum absolute atomic E-state index is 14.2. The molecule has 15 nitrogen and oxygen atoms in total. The Morgan fingerprint density at radius 2 is 1.35 bits per heavy atom. The lowest BCUT2D eigenvalue weighted by Gasteiger charge is -2.59. The number of esters is 5. The zero-order valence-corrected chi connectivity index (χ0v) is 31.7. The van der Waals surface area contributed by atoms with Gasteiger partial charge in [-0.15, -0.1) is 11.8 Å². The molecule has 1 heterocycles. The predicted molar refractivity (Wildman–Crippen MR) is 179 cm³/mol. The molecule has 4 saturated carbocycles. The molecule has 0 aromatic carbocycles. The quantitative estimate of drug-likeness (QED) is 0.219. The Hall–Kier alpha value is -3.40. The van der Waals surface area contributed by atoms with Gasteiger partial charge in [0.25, 0.3) is 0 Å². The van der Waals surface area contributed by atoms with Crippen LogP contribution in [0.5, 0.6) is 0 Å². The van der Waals surface area contributed by atoms with E-state index in [1.54, 1.807) is 20.8 Å². The van der Waals surface area contributed by atoms with Gasteiger partial charge in [-0.2, -0.15) is 0 Å². The lowest BCUT2D eigenvalue weighted by atomic mass is 9.56. The van der Waals surface area contributed by atoms with Crippen LogP contribution in [0.15, 0.2) is 0 Å². The van der Waals surface area contributed by atoms with E-state index >= 15 is 0 Å². The van der Waals surface area contributed by atoms with E-state index in [-0.39, 0.29) is 6.42 Å². The van der Waals surface area contributed by atoms with Gasteiger partial charge in [-0.25, -0.2) is 14.5 Å². The highest BCUT2D eigenvalue weighted by molar-refractivity contribution is 8.02. The van der Waals surface area contributed by atoms with Crippen LogP contribution in [0.25, 0.3) is 0 Å². The maximum atomic E-state index is 14.2. The number of nitrogens with zero attached hydrogens (tertiary/aromatic N) is 1. The number of methoxy groups -OCH3 is 1. The second kappa shape index (κ2) is 15.7. The molecule has 0 radical (unpaired) electrons. The Bertz CT molecular complexity index is 1360. The highest BCUT2D eigenvalue weighted by Gasteiger charge is 2.64. The van der Waals surface area contributed by atoms with Crippen LogP contribution in [0.4, 0.5) is 4.79 Å². The van der Waals surface area contributed by atoms with Gasteiger partial charge in [-0.3, -0.25) is 24.0 Å². The van der Waals surface area contributed by atoms with Gasteiger partial charge in [0.1, 0.15) is 30.5 Å². The molecule has 1 aliphatic heterocycles. The summed E-state index contributed by atoms with van der Waals surface area (Å²) in [6, 6.07) is -1.62. The zero-order chi connectivity index (χ0) is 38.1. The number of imide groups is 1. The number of thioether (sulfide) groups is 1. The molecule has 5 fully saturated rings. The summed E-state index contributed by atoms with van der Waals surface area (Å²) in [5.74, 6) is -3.63. The average Bonchev–Trinajstić information content (AvgIpc) is 2.96. The molecule has 1 saturated heterocycles. The normalized spacial score (nSPS) is 32.1. The fraction of sp³-hybridized carbons (Fsp3) is 0.800. The van der Waals surface area contributed by atoms with Crippen molar-refractivity contribution in [3.05, 3.63) is 0 Å². The van der Waals surface area contributed by atoms with E-state index < -0.39 is 94.2 Å². The number of carbonyl (C=O) groups excluding carboxylic acids is 7. The van der Waals surface area contributed by atoms with Crippen LogP contribution in [0.2, 0.25) is 0 Å². The predicted octanol–water partition coefficient (Wildman–Crippen LogP) is 3.86. The Morgan fingerprint density at radius 3 is 1.78 bits per heavy atom. The lowest BCUT2D eigenvalue weighted by Crippen LogP contribution is -2.70. The summed E-state index contributed by atoms with van der Waals surface area (Å²) in [7, 11) is 1.18. The van der Waals surface area contributed by atoms with Crippen LogP contribution in [-0.2, 0) is 61.9 Å². The van der Waals surface area contributed by atoms with Crippen molar-refractivity contribution in [3.8, 4) is 0 Å². The van der Waals surface area contributed by atoms with Crippen molar-refractivity contribution in [2.45, 2.75) is 146 Å². The number of hydrogen-bond acceptors (Lipinski definition) is 15. The van der Waals surface area contributed by atoms with E-state index in [1.165, 1.54) is 18.9 Å². The van der Waals surface area contributed by atoms with Crippen molar-refractivity contribution in [2.24, 2.45) is 17.8 Å². The topological polar surface area (TPSA) is 187 Å². The van der Waals surface area contributed by atoms with Gasteiger partial charge in [-0.05, 0) is 77.0 Å². The third kappa shape index (κ3) is 9.73.